The third kappa shape index (κ3) is 10.7. The topological polar surface area (TPSA) is 225 Å². The van der Waals surface area contributed by atoms with Crippen molar-refractivity contribution >= 4 is 11.8 Å². The predicted octanol–water partition coefficient (Wildman–Crippen LogP) is 1.31. The number of hydrogen-bond acceptors (Lipinski definition) is 14. The van der Waals surface area contributed by atoms with Crippen molar-refractivity contribution in [2.75, 3.05) is 21.2 Å². The van der Waals surface area contributed by atoms with E-state index in [4.69, 9.17) is 23.7 Å². The molecule has 15 heteroatoms. The zero-order chi connectivity index (χ0) is 40.3. The summed E-state index contributed by atoms with van der Waals surface area (Å²) in [7, 11) is 5.08. The van der Waals surface area contributed by atoms with E-state index in [1.165, 1.54) is 34.8 Å². The fourth-order valence-corrected chi connectivity index (χ4v) is 7.97. The molecule has 7 N–H and O–H groups in total. The minimum Gasteiger partial charge on any atom is -0.481 e. The average Bonchev–Trinajstić information content (AvgIpc) is 3.06. The monoisotopic (exact) mass is 751 g/mol. The minimum absolute atomic E-state index is 0.0568. The van der Waals surface area contributed by atoms with Crippen molar-refractivity contribution in [2.45, 2.75) is 179 Å². The molecular weight excluding hydrogens is 682 g/mol. The lowest BCUT2D eigenvalue weighted by Crippen LogP contribution is -2.60. The summed E-state index contributed by atoms with van der Waals surface area (Å²) < 4.78 is 30.6. The van der Waals surface area contributed by atoms with E-state index in [9.17, 15) is 45.3 Å². The van der Waals surface area contributed by atoms with E-state index in [1.807, 2.05) is 25.9 Å². The molecule has 0 aliphatic carbocycles. The lowest BCUT2D eigenvalue weighted by Gasteiger charge is -2.48. The lowest BCUT2D eigenvalue weighted by molar-refractivity contribution is -0.317. The molecule has 18 atom stereocenters. The average molecular weight is 752 g/mol. The maximum absolute atomic E-state index is 13.7. The molecule has 0 aromatic rings. The van der Waals surface area contributed by atoms with Crippen molar-refractivity contribution in [1.29, 1.82) is 0 Å². The van der Waals surface area contributed by atoms with Crippen LogP contribution in [-0.2, 0) is 33.3 Å². The summed E-state index contributed by atoms with van der Waals surface area (Å²) >= 11 is 0. The van der Waals surface area contributed by atoms with Gasteiger partial charge in [0.05, 0.1) is 53.7 Å². The van der Waals surface area contributed by atoms with Gasteiger partial charge in [0.2, 0.25) is 0 Å². The summed E-state index contributed by atoms with van der Waals surface area (Å²) in [5.74, 6) is -5.88. The second-order valence-corrected chi connectivity index (χ2v) is 16.4. The molecule has 15 nitrogen and oxygen atoms in total. The van der Waals surface area contributed by atoms with Crippen LogP contribution in [0, 0.1) is 23.7 Å². The fraction of sp³-hybridized carbons (Fsp3) is 0.946. The van der Waals surface area contributed by atoms with Crippen LogP contribution < -0.4 is 0 Å². The Balaban J connectivity index is 2.57. The molecule has 2 aliphatic rings. The number of aliphatic hydroxyl groups excluding tert-OH is 4. The standard InChI is InChI=1S/C37H69NO14/c1-14-25(39)37(10,47)30(42)20(4)27(40)18(2)16-35(8,46)32(52-34-28(41)24(38(11)12)15-19(3)49-34)21(5)29(22(6)33(44)45)51-26-17-36(9,48-13)31(43)23(7)50-26/h18-26,28-32,34,39,41-43,46-47H,14-17H2,1-13H3,(H,44,45)/t18-,19-,20+,21+,22-,23+,24+,25-,26+,28-,29+,30-,31+,32-,34+,35-,36-,37-/m1/s1. The highest BCUT2D eigenvalue weighted by Crippen LogP contribution is 2.39. The minimum atomic E-state index is -1.98. The highest BCUT2D eigenvalue weighted by Gasteiger charge is 2.52. The Morgan fingerprint density at radius 2 is 1.58 bits per heavy atom. The molecule has 52 heavy (non-hydrogen) atoms. The smallest absolute Gasteiger partial charge is 0.308 e. The van der Waals surface area contributed by atoms with Gasteiger partial charge in [0.1, 0.15) is 23.6 Å². The van der Waals surface area contributed by atoms with Crippen molar-refractivity contribution in [1.82, 2.24) is 4.90 Å². The molecule has 306 valence electrons. The first-order valence-corrected chi connectivity index (χ1v) is 18.5. The van der Waals surface area contributed by atoms with Crippen LogP contribution in [0.3, 0.4) is 0 Å². The number of carbonyl (C=O) groups is 2. The van der Waals surface area contributed by atoms with Gasteiger partial charge in [-0.1, -0.05) is 27.7 Å². The van der Waals surface area contributed by atoms with Gasteiger partial charge in [-0.25, -0.2) is 0 Å². The zero-order valence-electron chi connectivity index (χ0n) is 33.4. The van der Waals surface area contributed by atoms with Crippen LogP contribution in [0.1, 0.15) is 94.9 Å². The lowest BCUT2D eigenvalue weighted by atomic mass is 9.74. The molecule has 0 aromatic heterocycles. The highest BCUT2D eigenvalue weighted by atomic mass is 16.7. The molecule has 2 heterocycles. The molecule has 2 aliphatic heterocycles. The van der Waals surface area contributed by atoms with Crippen LogP contribution in [-0.4, -0.2) is 158 Å². The molecule has 2 fully saturated rings. The number of methoxy groups -OCH3 is 1. The van der Waals surface area contributed by atoms with Gasteiger partial charge < -0.3 is 64.3 Å². The van der Waals surface area contributed by atoms with E-state index >= 15 is 0 Å². The van der Waals surface area contributed by atoms with E-state index < -0.39 is 108 Å². The van der Waals surface area contributed by atoms with Crippen LogP contribution in [0.5, 0.6) is 0 Å². The van der Waals surface area contributed by atoms with E-state index in [0.29, 0.717) is 6.42 Å². The first-order chi connectivity index (χ1) is 23.8. The Labute approximate surface area is 309 Å². The Kier molecular flexibility index (Phi) is 16.7. The number of ketones is 1. The van der Waals surface area contributed by atoms with Crippen LogP contribution in [0.25, 0.3) is 0 Å². The molecule has 2 rings (SSSR count). The van der Waals surface area contributed by atoms with Gasteiger partial charge in [-0.2, -0.15) is 0 Å². The van der Waals surface area contributed by atoms with Crippen molar-refractivity contribution in [2.24, 2.45) is 23.7 Å². The Morgan fingerprint density at radius 3 is 2.08 bits per heavy atom. The van der Waals surface area contributed by atoms with E-state index in [0.717, 1.165) is 0 Å². The van der Waals surface area contributed by atoms with Crippen molar-refractivity contribution in [3.8, 4) is 0 Å². The van der Waals surface area contributed by atoms with Gasteiger partial charge in [-0.05, 0) is 74.9 Å². The molecule has 0 amide bonds. The maximum Gasteiger partial charge on any atom is 0.308 e. The van der Waals surface area contributed by atoms with Crippen molar-refractivity contribution in [3.05, 3.63) is 0 Å². The largest absolute Gasteiger partial charge is 0.481 e. The number of likely N-dealkylation sites (N-methyl/N-ethyl adjacent to an activating group) is 1. The Hall–Kier alpha value is -1.34. The van der Waals surface area contributed by atoms with Gasteiger partial charge in [0, 0.05) is 37.3 Å². The Morgan fingerprint density at radius 1 is 1.00 bits per heavy atom. The second-order valence-electron chi connectivity index (χ2n) is 16.4. The first-order valence-electron chi connectivity index (χ1n) is 18.5. The number of ether oxygens (including phenoxy) is 5. The molecule has 0 unspecified atom stereocenters. The van der Waals surface area contributed by atoms with Crippen LogP contribution >= 0.6 is 0 Å². The number of Topliss-reactive ketones (excluding diaryl/α,β-unsaturated/α-hetero) is 1. The van der Waals surface area contributed by atoms with E-state index in [2.05, 4.69) is 0 Å². The molecule has 0 bridgehead atoms. The quantitative estimate of drug-likeness (QED) is 0.0988. The molecule has 0 spiro atoms. The summed E-state index contributed by atoms with van der Waals surface area (Å²) in [5, 5.41) is 76.9. The second kappa shape index (κ2) is 18.5. The number of nitrogens with zero attached hydrogens (tertiary/aromatic N) is 1. The molecule has 2 saturated heterocycles. The van der Waals surface area contributed by atoms with Gasteiger partial charge in [0.15, 0.2) is 12.6 Å². The third-order valence-corrected chi connectivity index (χ3v) is 11.6. The molecule has 0 radical (unpaired) electrons. The van der Waals surface area contributed by atoms with Crippen molar-refractivity contribution < 1.29 is 69.0 Å². The summed E-state index contributed by atoms with van der Waals surface area (Å²) in [5.41, 5.74) is -4.96. The van der Waals surface area contributed by atoms with Gasteiger partial charge in [-0.15, -0.1) is 0 Å². The summed E-state index contributed by atoms with van der Waals surface area (Å²) in [6, 6.07) is -0.371. The number of carboxylic acid groups (broad SMARTS) is 1. The normalized spacial score (nSPS) is 35.7. The van der Waals surface area contributed by atoms with Gasteiger partial charge >= 0.3 is 5.97 Å². The predicted molar refractivity (Wildman–Crippen MR) is 190 cm³/mol. The molecule has 0 saturated carbocycles. The summed E-state index contributed by atoms with van der Waals surface area (Å²) in [4.78, 5) is 28.1. The van der Waals surface area contributed by atoms with Crippen LogP contribution in [0.2, 0.25) is 0 Å². The van der Waals surface area contributed by atoms with Gasteiger partial charge in [0.25, 0.3) is 0 Å². The number of rotatable bonds is 19. The fourth-order valence-electron chi connectivity index (χ4n) is 7.97. The number of aliphatic hydroxyl groups is 6. The summed E-state index contributed by atoms with van der Waals surface area (Å²) in [6.45, 7) is 15.6. The first kappa shape index (κ1) is 46.8. The zero-order valence-corrected chi connectivity index (χ0v) is 33.4. The number of carbonyl (C=O) groups excluding carboxylic acids is 1. The van der Waals surface area contributed by atoms with E-state index in [1.54, 1.807) is 34.6 Å². The van der Waals surface area contributed by atoms with Gasteiger partial charge in [-0.3, -0.25) is 9.59 Å². The summed E-state index contributed by atoms with van der Waals surface area (Å²) in [6.07, 6.45) is -10.5. The third-order valence-electron chi connectivity index (χ3n) is 11.6. The Bertz CT molecular complexity index is 1150. The SMILES string of the molecule is CC[C@@H](O)[C@@](C)(O)[C@H](O)[C@@H](C)C(=O)[C@H](C)C[C@@](C)(O)[C@H](O[C@@H]1O[C@H](C)C[C@H](N(C)C)[C@H]1O)[C@@H](C)[C@H](O[C@H]1C[C@@](C)(OC)[C@@H](O)[C@H](C)O1)[C@@H](C)C(=O)O. The van der Waals surface area contributed by atoms with E-state index in [-0.39, 0.29) is 31.4 Å². The highest BCUT2D eigenvalue weighted by molar-refractivity contribution is 5.83. The number of carboxylic acids is 1. The van der Waals surface area contributed by atoms with Crippen LogP contribution in [0.15, 0.2) is 0 Å². The molecule has 0 aromatic carbocycles. The van der Waals surface area contributed by atoms with Crippen molar-refractivity contribution in [3.63, 3.8) is 0 Å². The number of aliphatic carboxylic acids is 1. The molecular formula is C37H69NO14. The van der Waals surface area contributed by atoms with Crippen LogP contribution in [0.4, 0.5) is 0 Å². The number of hydrogen-bond donors (Lipinski definition) is 7. The maximum atomic E-state index is 13.7.